The largest absolute Gasteiger partial charge is 0.349 e. The summed E-state index contributed by atoms with van der Waals surface area (Å²) in [6, 6.07) is 7.63. The molecule has 3 atom stereocenters. The van der Waals surface area contributed by atoms with Crippen molar-refractivity contribution in [1.29, 1.82) is 0 Å². The molecule has 1 fully saturated rings. The number of ether oxygens (including phenoxy) is 2. The van der Waals surface area contributed by atoms with E-state index < -0.39 is 0 Å². The number of ketones is 1. The van der Waals surface area contributed by atoms with Crippen molar-refractivity contribution in [3.05, 3.63) is 34.9 Å². The lowest BCUT2D eigenvalue weighted by Gasteiger charge is -2.34. The molecule has 3 nitrogen and oxygen atoms in total. The summed E-state index contributed by atoms with van der Waals surface area (Å²) in [4.78, 5) is 11.2. The van der Waals surface area contributed by atoms with Crippen molar-refractivity contribution in [2.45, 2.75) is 45.2 Å². The summed E-state index contributed by atoms with van der Waals surface area (Å²) in [6.07, 6.45) is 0.575. The highest BCUT2D eigenvalue weighted by molar-refractivity contribution is 6.31. The van der Waals surface area contributed by atoms with Gasteiger partial charge in [-0.15, -0.1) is 0 Å². The van der Waals surface area contributed by atoms with Crippen LogP contribution in [0.4, 0.5) is 0 Å². The Morgan fingerprint density at radius 1 is 1.39 bits per heavy atom. The fourth-order valence-electron chi connectivity index (χ4n) is 2.27. The number of carbonyl (C=O) groups excluding carboxylic acids is 1. The Morgan fingerprint density at radius 2 is 2.11 bits per heavy atom. The van der Waals surface area contributed by atoms with Gasteiger partial charge in [-0.1, -0.05) is 29.8 Å². The zero-order valence-electron chi connectivity index (χ0n) is 10.6. The van der Waals surface area contributed by atoms with Gasteiger partial charge in [0.2, 0.25) is 0 Å². The molecule has 1 heterocycles. The lowest BCUT2D eigenvalue weighted by atomic mass is 9.99. The molecule has 1 aliphatic rings. The third-order valence-electron chi connectivity index (χ3n) is 2.98. The molecule has 0 saturated carbocycles. The van der Waals surface area contributed by atoms with E-state index in [1.54, 1.807) is 6.92 Å². The lowest BCUT2D eigenvalue weighted by Crippen LogP contribution is -2.33. The molecule has 0 aromatic heterocycles. The van der Waals surface area contributed by atoms with Crippen LogP contribution in [-0.2, 0) is 14.3 Å². The van der Waals surface area contributed by atoms with Crippen molar-refractivity contribution in [2.24, 2.45) is 0 Å². The number of halogens is 1. The SMILES string of the molecule is CC(=O)C[C@@H]1C[C@H](c2ccccc2Cl)O[C@H](C)O1. The minimum Gasteiger partial charge on any atom is -0.349 e. The van der Waals surface area contributed by atoms with Crippen LogP contribution in [0.1, 0.15) is 38.4 Å². The van der Waals surface area contributed by atoms with Gasteiger partial charge in [0.1, 0.15) is 5.78 Å². The molecule has 0 amide bonds. The summed E-state index contributed by atoms with van der Waals surface area (Å²) >= 11 is 6.17. The maximum Gasteiger partial charge on any atom is 0.156 e. The number of benzene rings is 1. The molecule has 4 heteroatoms. The Balaban J connectivity index is 2.13. The van der Waals surface area contributed by atoms with Gasteiger partial charge in [-0.3, -0.25) is 4.79 Å². The highest BCUT2D eigenvalue weighted by Crippen LogP contribution is 2.35. The lowest BCUT2D eigenvalue weighted by molar-refractivity contribution is -0.236. The standard InChI is InChI=1S/C14H17ClO3/c1-9(16)7-11-8-14(18-10(2)17-11)12-5-3-4-6-13(12)15/h3-6,10-11,14H,7-8H2,1-2H3/t10-,11-,14-/m1/s1. The summed E-state index contributed by atoms with van der Waals surface area (Å²) < 4.78 is 11.3. The molecular formula is C14H17ClO3. The quantitative estimate of drug-likeness (QED) is 0.841. The van der Waals surface area contributed by atoms with Crippen LogP contribution >= 0.6 is 11.6 Å². The van der Waals surface area contributed by atoms with Gasteiger partial charge in [-0.25, -0.2) is 0 Å². The van der Waals surface area contributed by atoms with Gasteiger partial charge >= 0.3 is 0 Å². The maximum absolute atomic E-state index is 11.2. The van der Waals surface area contributed by atoms with Crippen LogP contribution in [0.15, 0.2) is 24.3 Å². The zero-order valence-corrected chi connectivity index (χ0v) is 11.3. The van der Waals surface area contributed by atoms with Crippen molar-refractivity contribution < 1.29 is 14.3 Å². The molecule has 1 aliphatic heterocycles. The van der Waals surface area contributed by atoms with E-state index in [1.807, 2.05) is 31.2 Å². The van der Waals surface area contributed by atoms with Crippen LogP contribution in [0.2, 0.25) is 5.02 Å². The summed E-state index contributed by atoms with van der Waals surface area (Å²) in [5.41, 5.74) is 0.961. The molecule has 0 N–H and O–H groups in total. The average molecular weight is 269 g/mol. The minimum absolute atomic E-state index is 0.0903. The predicted molar refractivity (Wildman–Crippen MR) is 69.5 cm³/mol. The van der Waals surface area contributed by atoms with E-state index in [1.165, 1.54) is 0 Å². The second-order valence-electron chi connectivity index (χ2n) is 4.61. The molecule has 1 aromatic carbocycles. The van der Waals surface area contributed by atoms with Crippen LogP contribution in [0.3, 0.4) is 0 Å². The Labute approximate surface area is 112 Å². The van der Waals surface area contributed by atoms with Crippen LogP contribution < -0.4 is 0 Å². The molecular weight excluding hydrogens is 252 g/mol. The number of rotatable bonds is 3. The molecule has 0 bridgehead atoms. The third kappa shape index (κ3) is 3.31. The molecule has 1 saturated heterocycles. The molecule has 0 radical (unpaired) electrons. The molecule has 98 valence electrons. The van der Waals surface area contributed by atoms with Gasteiger partial charge in [0.05, 0.1) is 12.2 Å². The van der Waals surface area contributed by atoms with Gasteiger partial charge in [-0.05, 0) is 25.5 Å². The van der Waals surface area contributed by atoms with E-state index in [4.69, 9.17) is 21.1 Å². The first-order chi connectivity index (χ1) is 8.56. The number of Topliss-reactive ketones (excluding diaryl/α,β-unsaturated/α-hetero) is 1. The first-order valence-electron chi connectivity index (χ1n) is 6.11. The Kier molecular flexibility index (Phi) is 4.38. The first kappa shape index (κ1) is 13.5. The molecule has 18 heavy (non-hydrogen) atoms. The predicted octanol–water partition coefficient (Wildman–Crippen LogP) is 3.51. The third-order valence-corrected chi connectivity index (χ3v) is 3.33. The molecule has 2 rings (SSSR count). The van der Waals surface area contributed by atoms with E-state index in [-0.39, 0.29) is 24.3 Å². The zero-order chi connectivity index (χ0) is 13.1. The van der Waals surface area contributed by atoms with Crippen molar-refractivity contribution in [3.63, 3.8) is 0 Å². The van der Waals surface area contributed by atoms with Crippen LogP contribution in [-0.4, -0.2) is 18.2 Å². The minimum atomic E-state index is -0.315. The smallest absolute Gasteiger partial charge is 0.156 e. The van der Waals surface area contributed by atoms with E-state index in [9.17, 15) is 4.79 Å². The second kappa shape index (κ2) is 5.83. The molecule has 0 spiro atoms. The Hall–Kier alpha value is -0.900. The summed E-state index contributed by atoms with van der Waals surface area (Å²) in [6.45, 7) is 3.42. The number of hydrogen-bond donors (Lipinski definition) is 0. The van der Waals surface area contributed by atoms with Gasteiger partial charge in [-0.2, -0.15) is 0 Å². The first-order valence-corrected chi connectivity index (χ1v) is 6.49. The van der Waals surface area contributed by atoms with Crippen molar-refractivity contribution >= 4 is 17.4 Å². The fraction of sp³-hybridized carbons (Fsp3) is 0.500. The van der Waals surface area contributed by atoms with Crippen LogP contribution in [0, 0.1) is 0 Å². The van der Waals surface area contributed by atoms with E-state index in [2.05, 4.69) is 0 Å². The van der Waals surface area contributed by atoms with Crippen molar-refractivity contribution in [1.82, 2.24) is 0 Å². The summed E-state index contributed by atoms with van der Waals surface area (Å²) in [7, 11) is 0. The molecule has 0 unspecified atom stereocenters. The monoisotopic (exact) mass is 268 g/mol. The highest BCUT2D eigenvalue weighted by Gasteiger charge is 2.30. The van der Waals surface area contributed by atoms with Gasteiger partial charge in [0.25, 0.3) is 0 Å². The highest BCUT2D eigenvalue weighted by atomic mass is 35.5. The normalized spacial score (nSPS) is 28.1. The van der Waals surface area contributed by atoms with Crippen molar-refractivity contribution in [2.75, 3.05) is 0 Å². The van der Waals surface area contributed by atoms with Gasteiger partial charge < -0.3 is 9.47 Å². The van der Waals surface area contributed by atoms with Crippen molar-refractivity contribution in [3.8, 4) is 0 Å². The van der Waals surface area contributed by atoms with Gasteiger partial charge in [0.15, 0.2) is 6.29 Å². The summed E-state index contributed by atoms with van der Waals surface area (Å²) in [5, 5.41) is 0.693. The van der Waals surface area contributed by atoms with E-state index in [0.29, 0.717) is 17.9 Å². The topological polar surface area (TPSA) is 35.5 Å². The van der Waals surface area contributed by atoms with E-state index >= 15 is 0 Å². The van der Waals surface area contributed by atoms with E-state index in [0.717, 1.165) is 5.56 Å². The molecule has 1 aromatic rings. The second-order valence-corrected chi connectivity index (χ2v) is 5.02. The number of hydrogen-bond acceptors (Lipinski definition) is 3. The Bertz CT molecular complexity index is 433. The average Bonchev–Trinajstić information content (AvgIpc) is 2.27. The Morgan fingerprint density at radius 3 is 2.78 bits per heavy atom. The van der Waals surface area contributed by atoms with Gasteiger partial charge in [0, 0.05) is 17.9 Å². The van der Waals surface area contributed by atoms with Crippen LogP contribution in [0.5, 0.6) is 0 Å². The van der Waals surface area contributed by atoms with Crippen LogP contribution in [0.25, 0.3) is 0 Å². The maximum atomic E-state index is 11.2. The fourth-order valence-corrected chi connectivity index (χ4v) is 2.53. The molecule has 0 aliphatic carbocycles. The number of carbonyl (C=O) groups is 1. The summed E-state index contributed by atoms with van der Waals surface area (Å²) in [5.74, 6) is 0.131.